The first-order chi connectivity index (χ1) is 16.1. The fraction of sp³-hybridized carbons (Fsp3) is 0.654. The number of ether oxygens (including phenoxy) is 1. The molecular weight excluding hydrogens is 456 g/mol. The van der Waals surface area contributed by atoms with Crippen LogP contribution in [0.1, 0.15) is 79.6 Å². The molecule has 0 unspecified atom stereocenters. The van der Waals surface area contributed by atoms with Crippen LogP contribution in [-0.4, -0.2) is 67.9 Å². The summed E-state index contributed by atoms with van der Waals surface area (Å²) in [6, 6.07) is 0. The first kappa shape index (κ1) is 32.5. The zero-order valence-electron chi connectivity index (χ0n) is 21.5. The van der Waals surface area contributed by atoms with E-state index >= 15 is 0 Å². The minimum Gasteiger partial charge on any atom is -0.481 e. The van der Waals surface area contributed by atoms with E-state index in [1.165, 1.54) is 11.1 Å². The van der Waals surface area contributed by atoms with Crippen LogP contribution in [0.15, 0.2) is 34.9 Å². The topological polar surface area (TPSA) is 162 Å². The Morgan fingerprint density at radius 2 is 1.31 bits per heavy atom. The third kappa shape index (κ3) is 15.2. The van der Waals surface area contributed by atoms with Crippen molar-refractivity contribution in [2.45, 2.75) is 97.4 Å². The van der Waals surface area contributed by atoms with Gasteiger partial charge in [-0.15, -0.1) is 0 Å². The number of aliphatic hydroxyl groups excluding tert-OH is 1. The maximum Gasteiger partial charge on any atom is 0.333 e. The normalized spacial score (nSPS) is 16.0. The standard InChI is InChI=1S/C26H42O9/c1-17(8-6-10-18(2)12-13-21(27)26(4,5)34)9-7-11-19(3)14-15-35-23(25(32)33)20(24(30)31)16-22(28)29/h9-10,14,20-21,23,27,34H,6-8,11-13,15-16H2,1-5H3,(H,28,29)(H,30,31)(H,32,33)/b17-9+,18-10+,19-14+/t20-,21-,23+/m0/s1. The number of carboxylic acid groups (broad SMARTS) is 3. The molecule has 0 heterocycles. The monoisotopic (exact) mass is 498 g/mol. The lowest BCUT2D eigenvalue weighted by atomic mass is 9.95. The van der Waals surface area contributed by atoms with Crippen LogP contribution < -0.4 is 0 Å². The van der Waals surface area contributed by atoms with E-state index < -0.39 is 48.1 Å². The summed E-state index contributed by atoms with van der Waals surface area (Å²) < 4.78 is 5.18. The summed E-state index contributed by atoms with van der Waals surface area (Å²) in [6.45, 7) is 9.00. The molecule has 0 aromatic carbocycles. The van der Waals surface area contributed by atoms with E-state index in [2.05, 4.69) is 19.1 Å². The molecule has 0 spiro atoms. The average Bonchev–Trinajstić information content (AvgIpc) is 2.72. The highest BCUT2D eigenvalue weighted by Crippen LogP contribution is 2.18. The maximum atomic E-state index is 11.3. The Hall–Kier alpha value is -2.49. The van der Waals surface area contributed by atoms with Gasteiger partial charge in [-0.1, -0.05) is 34.9 Å². The molecule has 9 nitrogen and oxygen atoms in total. The Morgan fingerprint density at radius 3 is 1.74 bits per heavy atom. The van der Waals surface area contributed by atoms with Crippen LogP contribution in [0.4, 0.5) is 0 Å². The van der Waals surface area contributed by atoms with Crippen molar-refractivity contribution in [1.82, 2.24) is 0 Å². The quantitative estimate of drug-likeness (QED) is 0.176. The fourth-order valence-electron chi connectivity index (χ4n) is 3.28. The van der Waals surface area contributed by atoms with Crippen molar-refractivity contribution in [3.63, 3.8) is 0 Å². The summed E-state index contributed by atoms with van der Waals surface area (Å²) in [5, 5.41) is 46.9. The summed E-state index contributed by atoms with van der Waals surface area (Å²) in [5.41, 5.74) is 2.26. The first-order valence-electron chi connectivity index (χ1n) is 11.8. The predicted octanol–water partition coefficient (Wildman–Crippen LogP) is 3.94. The van der Waals surface area contributed by atoms with Crippen molar-refractivity contribution in [3.05, 3.63) is 34.9 Å². The Balaban J connectivity index is 4.53. The van der Waals surface area contributed by atoms with E-state index in [0.29, 0.717) is 6.42 Å². The fourth-order valence-corrected chi connectivity index (χ4v) is 3.28. The molecule has 0 bridgehead atoms. The predicted molar refractivity (Wildman–Crippen MR) is 132 cm³/mol. The van der Waals surface area contributed by atoms with Crippen LogP contribution in [0, 0.1) is 5.92 Å². The zero-order chi connectivity index (χ0) is 27.2. The second kappa shape index (κ2) is 16.2. The lowest BCUT2D eigenvalue weighted by molar-refractivity contribution is -0.165. The number of rotatable bonds is 18. The number of aliphatic carboxylic acids is 3. The van der Waals surface area contributed by atoms with E-state index in [0.717, 1.165) is 37.7 Å². The van der Waals surface area contributed by atoms with Crippen LogP contribution in [-0.2, 0) is 19.1 Å². The van der Waals surface area contributed by atoms with Crippen LogP contribution >= 0.6 is 0 Å². The lowest BCUT2D eigenvalue weighted by Gasteiger charge is -2.24. The summed E-state index contributed by atoms with van der Waals surface area (Å²) in [4.78, 5) is 33.4. The minimum atomic E-state index is -1.75. The number of allylic oxidation sites excluding steroid dienone is 5. The second-order valence-electron chi connectivity index (χ2n) is 9.57. The maximum absolute atomic E-state index is 11.3. The third-order valence-electron chi connectivity index (χ3n) is 5.72. The summed E-state index contributed by atoms with van der Waals surface area (Å²) >= 11 is 0. The molecule has 0 aliphatic rings. The van der Waals surface area contributed by atoms with E-state index in [-0.39, 0.29) is 6.61 Å². The summed E-state index contributed by atoms with van der Waals surface area (Å²) in [7, 11) is 0. The molecular formula is C26H42O9. The van der Waals surface area contributed by atoms with Gasteiger partial charge in [0.25, 0.3) is 0 Å². The van der Waals surface area contributed by atoms with Crippen LogP contribution in [0.3, 0.4) is 0 Å². The molecule has 0 saturated heterocycles. The average molecular weight is 499 g/mol. The molecule has 0 radical (unpaired) electrons. The van der Waals surface area contributed by atoms with E-state index in [1.807, 2.05) is 13.8 Å². The minimum absolute atomic E-state index is 0.124. The molecule has 5 N–H and O–H groups in total. The van der Waals surface area contributed by atoms with Gasteiger partial charge in [0.2, 0.25) is 0 Å². The van der Waals surface area contributed by atoms with Gasteiger partial charge in [0.05, 0.1) is 24.7 Å². The molecule has 0 aliphatic heterocycles. The molecule has 200 valence electrons. The van der Waals surface area contributed by atoms with Crippen molar-refractivity contribution in [2.24, 2.45) is 5.92 Å². The van der Waals surface area contributed by atoms with Gasteiger partial charge in [-0.25, -0.2) is 4.79 Å². The smallest absolute Gasteiger partial charge is 0.333 e. The lowest BCUT2D eigenvalue weighted by Crippen LogP contribution is -2.38. The van der Waals surface area contributed by atoms with E-state index in [4.69, 9.17) is 14.9 Å². The molecule has 0 rings (SSSR count). The molecule has 0 fully saturated rings. The highest BCUT2D eigenvalue weighted by molar-refractivity contribution is 5.85. The summed E-state index contributed by atoms with van der Waals surface area (Å²) in [6.07, 6.45) is 7.14. The van der Waals surface area contributed by atoms with E-state index in [1.54, 1.807) is 19.9 Å². The van der Waals surface area contributed by atoms with Gasteiger partial charge in [0, 0.05) is 0 Å². The second-order valence-corrected chi connectivity index (χ2v) is 9.57. The van der Waals surface area contributed by atoms with Gasteiger partial charge in [0.1, 0.15) is 5.92 Å². The number of hydrogen-bond acceptors (Lipinski definition) is 6. The van der Waals surface area contributed by atoms with Crippen LogP contribution in [0.5, 0.6) is 0 Å². The Morgan fingerprint density at radius 1 is 0.829 bits per heavy atom. The van der Waals surface area contributed by atoms with Gasteiger partial charge in [0.15, 0.2) is 6.10 Å². The first-order valence-corrected chi connectivity index (χ1v) is 11.8. The molecule has 0 saturated carbocycles. The van der Waals surface area contributed by atoms with E-state index in [9.17, 15) is 29.7 Å². The molecule has 0 amide bonds. The van der Waals surface area contributed by atoms with Gasteiger partial charge in [-0.05, 0) is 73.1 Å². The molecule has 35 heavy (non-hydrogen) atoms. The molecule has 9 heteroatoms. The van der Waals surface area contributed by atoms with Crippen molar-refractivity contribution < 1.29 is 44.7 Å². The number of hydrogen-bond donors (Lipinski definition) is 5. The van der Waals surface area contributed by atoms with Gasteiger partial charge in [-0.3, -0.25) is 9.59 Å². The van der Waals surface area contributed by atoms with Crippen molar-refractivity contribution in [3.8, 4) is 0 Å². The SMILES string of the molecule is C/C(=C\CC/C(C)=C/CO[C@@H](C(=O)O)[C@H](CC(=O)O)C(=O)O)CC/C=C(\C)CC[C@H](O)C(C)(C)O. The highest BCUT2D eigenvalue weighted by Gasteiger charge is 2.36. The van der Waals surface area contributed by atoms with Gasteiger partial charge < -0.3 is 30.3 Å². The van der Waals surface area contributed by atoms with Crippen molar-refractivity contribution >= 4 is 17.9 Å². The van der Waals surface area contributed by atoms with Gasteiger partial charge in [-0.2, -0.15) is 0 Å². The Labute approximate surface area is 207 Å². The number of aliphatic hydroxyl groups is 2. The van der Waals surface area contributed by atoms with Crippen LogP contribution in [0.25, 0.3) is 0 Å². The van der Waals surface area contributed by atoms with Gasteiger partial charge >= 0.3 is 17.9 Å². The van der Waals surface area contributed by atoms with Crippen LogP contribution in [0.2, 0.25) is 0 Å². The van der Waals surface area contributed by atoms with Crippen molar-refractivity contribution in [2.75, 3.05) is 6.61 Å². The van der Waals surface area contributed by atoms with Crippen molar-refractivity contribution in [1.29, 1.82) is 0 Å². The molecule has 3 atom stereocenters. The molecule has 0 aromatic heterocycles. The Kier molecular flexibility index (Phi) is 15.1. The Bertz CT molecular complexity index is 787. The molecule has 0 aliphatic carbocycles. The molecule has 0 aromatic rings. The number of carboxylic acids is 3. The summed E-state index contributed by atoms with van der Waals surface area (Å²) in [5.74, 6) is -6.12. The third-order valence-corrected chi connectivity index (χ3v) is 5.72. The zero-order valence-corrected chi connectivity index (χ0v) is 21.5. The largest absolute Gasteiger partial charge is 0.481 e. The highest BCUT2D eigenvalue weighted by atomic mass is 16.5. The number of carbonyl (C=O) groups is 3.